The number of anilines is 2. The molecule has 2 rings (SSSR count). The van der Waals surface area contributed by atoms with Crippen LogP contribution in [0.1, 0.15) is 42.1 Å². The molecule has 3 N–H and O–H groups in total. The van der Waals surface area contributed by atoms with Crippen LogP contribution >= 0.6 is 0 Å². The molecule has 0 spiro atoms. The third-order valence-corrected chi connectivity index (χ3v) is 3.65. The second-order valence-electron chi connectivity index (χ2n) is 5.17. The van der Waals surface area contributed by atoms with Gasteiger partial charge in [0.1, 0.15) is 5.82 Å². The maximum absolute atomic E-state index is 5.68. The summed E-state index contributed by atoms with van der Waals surface area (Å²) >= 11 is 0. The Kier molecular flexibility index (Phi) is 4.23. The van der Waals surface area contributed by atoms with Crippen LogP contribution in [0.25, 0.3) is 0 Å². The van der Waals surface area contributed by atoms with Gasteiger partial charge in [0.2, 0.25) is 5.95 Å². The van der Waals surface area contributed by atoms with Crippen molar-refractivity contribution < 1.29 is 0 Å². The van der Waals surface area contributed by atoms with Crippen LogP contribution in [0.15, 0.2) is 24.4 Å². The predicted octanol–water partition coefficient (Wildman–Crippen LogP) is 3.41. The van der Waals surface area contributed by atoms with Crippen LogP contribution in [0, 0.1) is 13.8 Å². The van der Waals surface area contributed by atoms with Gasteiger partial charge in [0, 0.05) is 17.8 Å². The summed E-state index contributed by atoms with van der Waals surface area (Å²) in [5.41, 5.74) is 10.6. The number of benzene rings is 1. The van der Waals surface area contributed by atoms with Crippen LogP contribution in [0.2, 0.25) is 0 Å². The summed E-state index contributed by atoms with van der Waals surface area (Å²) in [7, 11) is 0. The van der Waals surface area contributed by atoms with Crippen LogP contribution < -0.4 is 11.1 Å². The van der Waals surface area contributed by atoms with E-state index in [2.05, 4.69) is 61.2 Å². The number of rotatable bonds is 4. The van der Waals surface area contributed by atoms with E-state index in [-0.39, 0.29) is 6.04 Å². The van der Waals surface area contributed by atoms with Gasteiger partial charge in [0.15, 0.2) is 0 Å². The van der Waals surface area contributed by atoms with E-state index in [0.29, 0.717) is 5.95 Å². The molecule has 0 saturated heterocycles. The highest BCUT2D eigenvalue weighted by Gasteiger charge is 2.10. The molecule has 0 aliphatic rings. The summed E-state index contributed by atoms with van der Waals surface area (Å²) in [6, 6.07) is 6.69. The first-order valence-electron chi connectivity index (χ1n) is 6.96. The Labute approximate surface area is 120 Å². The van der Waals surface area contributed by atoms with Gasteiger partial charge in [-0.25, -0.2) is 4.98 Å². The fraction of sp³-hybridized carbons (Fsp3) is 0.375. The highest BCUT2D eigenvalue weighted by Crippen LogP contribution is 2.23. The Hall–Kier alpha value is -2.10. The lowest BCUT2D eigenvalue weighted by atomic mass is 10.0. The van der Waals surface area contributed by atoms with Crippen molar-refractivity contribution in [3.05, 3.63) is 46.6 Å². The molecule has 0 radical (unpaired) electrons. The summed E-state index contributed by atoms with van der Waals surface area (Å²) in [4.78, 5) is 8.35. The summed E-state index contributed by atoms with van der Waals surface area (Å²) < 4.78 is 0. The van der Waals surface area contributed by atoms with Crippen LogP contribution in [0.4, 0.5) is 11.8 Å². The molecule has 1 aromatic carbocycles. The quantitative estimate of drug-likeness (QED) is 0.893. The zero-order chi connectivity index (χ0) is 14.7. The smallest absolute Gasteiger partial charge is 0.221 e. The van der Waals surface area contributed by atoms with Crippen molar-refractivity contribution in [2.24, 2.45) is 0 Å². The van der Waals surface area contributed by atoms with Crippen molar-refractivity contribution >= 4 is 11.8 Å². The Bertz CT molecular complexity index is 607. The molecule has 0 aliphatic heterocycles. The standard InChI is InChI=1S/C16H22N4/c1-5-13-9-18-16(17)20-15(13)19-12(4)14-7-6-10(2)11(3)8-14/h6-9,12H,5H2,1-4H3,(H3,17,18,19,20)/t12-/m0/s1. The second kappa shape index (κ2) is 5.90. The fourth-order valence-corrected chi connectivity index (χ4v) is 2.13. The number of hydrogen-bond donors (Lipinski definition) is 2. The van der Waals surface area contributed by atoms with E-state index in [0.717, 1.165) is 17.8 Å². The molecule has 0 fully saturated rings. The van der Waals surface area contributed by atoms with E-state index in [9.17, 15) is 0 Å². The van der Waals surface area contributed by atoms with E-state index in [1.54, 1.807) is 6.20 Å². The van der Waals surface area contributed by atoms with Crippen molar-refractivity contribution in [2.75, 3.05) is 11.1 Å². The molecule has 106 valence electrons. The molecule has 1 atom stereocenters. The molecular formula is C16H22N4. The minimum Gasteiger partial charge on any atom is -0.368 e. The Morgan fingerprint density at radius 3 is 2.65 bits per heavy atom. The highest BCUT2D eigenvalue weighted by molar-refractivity contribution is 5.48. The third kappa shape index (κ3) is 3.07. The van der Waals surface area contributed by atoms with Gasteiger partial charge in [-0.05, 0) is 43.9 Å². The second-order valence-corrected chi connectivity index (χ2v) is 5.17. The van der Waals surface area contributed by atoms with E-state index >= 15 is 0 Å². The zero-order valence-electron chi connectivity index (χ0n) is 12.6. The number of nitrogen functional groups attached to an aromatic ring is 1. The van der Waals surface area contributed by atoms with E-state index in [1.165, 1.54) is 16.7 Å². The predicted molar refractivity (Wildman–Crippen MR) is 83.8 cm³/mol. The topological polar surface area (TPSA) is 63.8 Å². The number of hydrogen-bond acceptors (Lipinski definition) is 4. The number of aromatic nitrogens is 2. The molecule has 1 aromatic heterocycles. The molecule has 4 heteroatoms. The largest absolute Gasteiger partial charge is 0.368 e. The molecule has 0 bridgehead atoms. The zero-order valence-corrected chi connectivity index (χ0v) is 12.6. The van der Waals surface area contributed by atoms with Crippen LogP contribution in [0.3, 0.4) is 0 Å². The lowest BCUT2D eigenvalue weighted by Gasteiger charge is -2.18. The third-order valence-electron chi connectivity index (χ3n) is 3.65. The van der Waals surface area contributed by atoms with Gasteiger partial charge in [-0.15, -0.1) is 0 Å². The number of nitrogens with zero attached hydrogens (tertiary/aromatic N) is 2. The Morgan fingerprint density at radius 2 is 2.00 bits per heavy atom. The normalized spacial score (nSPS) is 12.2. The maximum atomic E-state index is 5.68. The Balaban J connectivity index is 2.24. The summed E-state index contributed by atoms with van der Waals surface area (Å²) in [5.74, 6) is 1.13. The van der Waals surface area contributed by atoms with Crippen LogP contribution in [-0.2, 0) is 6.42 Å². The molecule has 1 heterocycles. The monoisotopic (exact) mass is 270 g/mol. The average Bonchev–Trinajstić information content (AvgIpc) is 2.42. The first kappa shape index (κ1) is 14.3. The molecule has 0 aliphatic carbocycles. The van der Waals surface area contributed by atoms with Crippen molar-refractivity contribution in [1.29, 1.82) is 0 Å². The van der Waals surface area contributed by atoms with Gasteiger partial charge in [-0.1, -0.05) is 25.1 Å². The van der Waals surface area contributed by atoms with Gasteiger partial charge in [0.25, 0.3) is 0 Å². The highest BCUT2D eigenvalue weighted by atomic mass is 15.1. The molecule has 4 nitrogen and oxygen atoms in total. The SMILES string of the molecule is CCc1cnc(N)nc1N[C@@H](C)c1ccc(C)c(C)c1. The van der Waals surface area contributed by atoms with E-state index in [1.807, 2.05) is 0 Å². The van der Waals surface area contributed by atoms with Crippen molar-refractivity contribution in [3.8, 4) is 0 Å². The van der Waals surface area contributed by atoms with Gasteiger partial charge in [0.05, 0.1) is 0 Å². The number of nitrogens with two attached hydrogens (primary N) is 1. The molecule has 2 aromatic rings. The van der Waals surface area contributed by atoms with E-state index < -0.39 is 0 Å². The summed E-state index contributed by atoms with van der Waals surface area (Å²) in [5, 5.41) is 3.43. The minimum absolute atomic E-state index is 0.175. The molecule has 20 heavy (non-hydrogen) atoms. The number of nitrogens with one attached hydrogen (secondary N) is 1. The molecule has 0 unspecified atom stereocenters. The summed E-state index contributed by atoms with van der Waals surface area (Å²) in [6.45, 7) is 8.46. The van der Waals surface area contributed by atoms with E-state index in [4.69, 9.17) is 5.73 Å². The summed E-state index contributed by atoms with van der Waals surface area (Å²) in [6.07, 6.45) is 2.67. The van der Waals surface area contributed by atoms with Gasteiger partial charge in [-0.2, -0.15) is 4.98 Å². The van der Waals surface area contributed by atoms with Crippen LogP contribution in [0.5, 0.6) is 0 Å². The average molecular weight is 270 g/mol. The fourth-order valence-electron chi connectivity index (χ4n) is 2.13. The number of aryl methyl sites for hydroxylation is 3. The molecule has 0 amide bonds. The van der Waals surface area contributed by atoms with Crippen molar-refractivity contribution in [3.63, 3.8) is 0 Å². The maximum Gasteiger partial charge on any atom is 0.221 e. The van der Waals surface area contributed by atoms with Crippen molar-refractivity contribution in [1.82, 2.24) is 9.97 Å². The van der Waals surface area contributed by atoms with Gasteiger partial charge >= 0.3 is 0 Å². The Morgan fingerprint density at radius 1 is 1.25 bits per heavy atom. The lowest BCUT2D eigenvalue weighted by molar-refractivity contribution is 0.861. The molecular weight excluding hydrogens is 248 g/mol. The molecule has 0 saturated carbocycles. The first-order valence-corrected chi connectivity index (χ1v) is 6.96. The minimum atomic E-state index is 0.175. The lowest BCUT2D eigenvalue weighted by Crippen LogP contribution is -2.12. The van der Waals surface area contributed by atoms with Gasteiger partial charge in [-0.3, -0.25) is 0 Å². The first-order chi connectivity index (χ1) is 9.51. The van der Waals surface area contributed by atoms with Crippen LogP contribution in [-0.4, -0.2) is 9.97 Å². The van der Waals surface area contributed by atoms with Crippen molar-refractivity contribution in [2.45, 2.75) is 40.2 Å². The van der Waals surface area contributed by atoms with Gasteiger partial charge < -0.3 is 11.1 Å².